The van der Waals surface area contributed by atoms with Crippen LogP contribution in [0.1, 0.15) is 33.1 Å². The van der Waals surface area contributed by atoms with Crippen LogP contribution in [0.2, 0.25) is 0 Å². The highest BCUT2D eigenvalue weighted by Crippen LogP contribution is 2.29. The van der Waals surface area contributed by atoms with Crippen LogP contribution >= 0.6 is 0 Å². The standard InChI is InChI=1S/C14H21N3O3/c1-3-10-5-6-17(11(7-10)14(18)19)12-8-13(20-4-2)16-9-15-12/h8-11H,3-7H2,1-2H3,(H,18,19). The summed E-state index contributed by atoms with van der Waals surface area (Å²) in [6, 6.07) is 1.20. The number of carboxylic acid groups (broad SMARTS) is 1. The maximum absolute atomic E-state index is 11.5. The van der Waals surface area contributed by atoms with E-state index >= 15 is 0 Å². The quantitative estimate of drug-likeness (QED) is 0.888. The average Bonchev–Trinajstić information content (AvgIpc) is 2.47. The first-order chi connectivity index (χ1) is 9.65. The molecule has 0 bridgehead atoms. The first-order valence-corrected chi connectivity index (χ1v) is 7.10. The molecule has 1 aliphatic heterocycles. The number of aromatic nitrogens is 2. The van der Waals surface area contributed by atoms with Gasteiger partial charge in [-0.25, -0.2) is 14.8 Å². The van der Waals surface area contributed by atoms with Crippen molar-refractivity contribution >= 4 is 11.8 Å². The van der Waals surface area contributed by atoms with E-state index in [0.717, 1.165) is 12.8 Å². The summed E-state index contributed by atoms with van der Waals surface area (Å²) in [4.78, 5) is 21.6. The lowest BCUT2D eigenvalue weighted by atomic mass is 9.89. The van der Waals surface area contributed by atoms with Crippen LogP contribution in [0.3, 0.4) is 0 Å². The van der Waals surface area contributed by atoms with Crippen molar-refractivity contribution in [1.29, 1.82) is 0 Å². The molecule has 0 radical (unpaired) electrons. The molecule has 1 aromatic heterocycles. The van der Waals surface area contributed by atoms with Crippen LogP contribution in [0.5, 0.6) is 5.88 Å². The number of carboxylic acids is 1. The largest absolute Gasteiger partial charge is 0.480 e. The Morgan fingerprint density at radius 3 is 2.95 bits per heavy atom. The molecule has 2 heterocycles. The van der Waals surface area contributed by atoms with Crippen molar-refractivity contribution < 1.29 is 14.6 Å². The number of hydrogen-bond acceptors (Lipinski definition) is 5. The number of rotatable bonds is 5. The molecular weight excluding hydrogens is 258 g/mol. The second-order valence-corrected chi connectivity index (χ2v) is 4.99. The molecule has 0 aliphatic carbocycles. The molecule has 2 unspecified atom stereocenters. The molecule has 1 saturated heterocycles. The van der Waals surface area contributed by atoms with Crippen LogP contribution in [-0.4, -0.2) is 40.2 Å². The van der Waals surface area contributed by atoms with E-state index in [9.17, 15) is 9.90 Å². The second-order valence-electron chi connectivity index (χ2n) is 4.99. The molecule has 20 heavy (non-hydrogen) atoms. The Labute approximate surface area is 118 Å². The molecule has 2 rings (SSSR count). The summed E-state index contributed by atoms with van der Waals surface area (Å²) in [5, 5.41) is 9.44. The van der Waals surface area contributed by atoms with E-state index in [1.54, 1.807) is 6.07 Å². The molecular formula is C14H21N3O3. The minimum atomic E-state index is -0.792. The predicted molar refractivity (Wildman–Crippen MR) is 75.0 cm³/mol. The monoisotopic (exact) mass is 279 g/mol. The fourth-order valence-electron chi connectivity index (χ4n) is 2.63. The highest BCUT2D eigenvalue weighted by molar-refractivity contribution is 5.78. The molecule has 1 aliphatic rings. The summed E-state index contributed by atoms with van der Waals surface area (Å²) >= 11 is 0. The lowest BCUT2D eigenvalue weighted by Crippen LogP contribution is -2.47. The predicted octanol–water partition coefficient (Wildman–Crippen LogP) is 1.95. The van der Waals surface area contributed by atoms with Crippen molar-refractivity contribution in [2.45, 2.75) is 39.2 Å². The zero-order valence-corrected chi connectivity index (χ0v) is 12.0. The summed E-state index contributed by atoms with van der Waals surface area (Å²) in [5.74, 6) is 0.796. The highest BCUT2D eigenvalue weighted by atomic mass is 16.5. The van der Waals surface area contributed by atoms with Gasteiger partial charge in [0.05, 0.1) is 6.61 Å². The fourth-order valence-corrected chi connectivity index (χ4v) is 2.63. The smallest absolute Gasteiger partial charge is 0.326 e. The zero-order valence-electron chi connectivity index (χ0n) is 12.0. The van der Waals surface area contributed by atoms with Gasteiger partial charge in [0.15, 0.2) is 0 Å². The third-order valence-corrected chi connectivity index (χ3v) is 3.79. The van der Waals surface area contributed by atoms with E-state index in [4.69, 9.17) is 4.74 Å². The maximum atomic E-state index is 11.5. The average molecular weight is 279 g/mol. The van der Waals surface area contributed by atoms with E-state index in [1.165, 1.54) is 6.33 Å². The maximum Gasteiger partial charge on any atom is 0.326 e. The Morgan fingerprint density at radius 2 is 2.30 bits per heavy atom. The normalized spacial score (nSPS) is 22.6. The van der Waals surface area contributed by atoms with E-state index < -0.39 is 12.0 Å². The Balaban J connectivity index is 2.21. The minimum Gasteiger partial charge on any atom is -0.480 e. The van der Waals surface area contributed by atoms with Crippen LogP contribution in [0.25, 0.3) is 0 Å². The lowest BCUT2D eigenvalue weighted by molar-refractivity contribution is -0.139. The van der Waals surface area contributed by atoms with E-state index in [2.05, 4.69) is 16.9 Å². The van der Waals surface area contributed by atoms with Gasteiger partial charge in [-0.1, -0.05) is 13.3 Å². The Kier molecular flexibility index (Phi) is 4.76. The molecule has 0 spiro atoms. The van der Waals surface area contributed by atoms with Gasteiger partial charge in [-0.3, -0.25) is 0 Å². The van der Waals surface area contributed by atoms with E-state index in [-0.39, 0.29) is 0 Å². The topological polar surface area (TPSA) is 75.5 Å². The first kappa shape index (κ1) is 14.6. The zero-order chi connectivity index (χ0) is 14.5. The Bertz CT molecular complexity index is 467. The van der Waals surface area contributed by atoms with Crippen LogP contribution in [0.4, 0.5) is 5.82 Å². The van der Waals surface area contributed by atoms with Gasteiger partial charge in [-0.15, -0.1) is 0 Å². The minimum absolute atomic E-state index is 0.473. The molecule has 6 nitrogen and oxygen atoms in total. The van der Waals surface area contributed by atoms with Crippen molar-refractivity contribution in [1.82, 2.24) is 9.97 Å². The van der Waals surface area contributed by atoms with Gasteiger partial charge in [0.1, 0.15) is 18.2 Å². The van der Waals surface area contributed by atoms with Crippen molar-refractivity contribution in [3.05, 3.63) is 12.4 Å². The fraction of sp³-hybridized carbons (Fsp3) is 0.643. The Morgan fingerprint density at radius 1 is 1.50 bits per heavy atom. The van der Waals surface area contributed by atoms with Gasteiger partial charge >= 0.3 is 5.97 Å². The summed E-state index contributed by atoms with van der Waals surface area (Å²) in [6.07, 6.45) is 4.10. The summed E-state index contributed by atoms with van der Waals surface area (Å²) < 4.78 is 5.35. The van der Waals surface area contributed by atoms with Gasteiger partial charge in [-0.05, 0) is 25.7 Å². The van der Waals surface area contributed by atoms with Crippen molar-refractivity contribution in [2.24, 2.45) is 5.92 Å². The van der Waals surface area contributed by atoms with Crippen molar-refractivity contribution in [2.75, 3.05) is 18.1 Å². The number of ether oxygens (including phenoxy) is 1. The molecule has 0 aromatic carbocycles. The molecule has 0 amide bonds. The number of hydrogen-bond donors (Lipinski definition) is 1. The van der Waals surface area contributed by atoms with Crippen LogP contribution < -0.4 is 9.64 Å². The van der Waals surface area contributed by atoms with Crippen molar-refractivity contribution in [3.8, 4) is 5.88 Å². The first-order valence-electron chi connectivity index (χ1n) is 7.10. The van der Waals surface area contributed by atoms with E-state index in [0.29, 0.717) is 37.2 Å². The molecule has 1 fully saturated rings. The molecule has 6 heteroatoms. The van der Waals surface area contributed by atoms with Crippen LogP contribution in [0, 0.1) is 5.92 Å². The third kappa shape index (κ3) is 3.18. The van der Waals surface area contributed by atoms with Gasteiger partial charge in [0, 0.05) is 12.6 Å². The molecule has 110 valence electrons. The molecule has 1 N–H and O–H groups in total. The van der Waals surface area contributed by atoms with E-state index in [1.807, 2.05) is 11.8 Å². The van der Waals surface area contributed by atoms with Crippen LogP contribution in [-0.2, 0) is 4.79 Å². The third-order valence-electron chi connectivity index (χ3n) is 3.79. The lowest BCUT2D eigenvalue weighted by Gasteiger charge is -2.37. The second kappa shape index (κ2) is 6.54. The van der Waals surface area contributed by atoms with Gasteiger partial charge < -0.3 is 14.7 Å². The van der Waals surface area contributed by atoms with Gasteiger partial charge in [0.25, 0.3) is 0 Å². The Hall–Kier alpha value is -1.85. The number of anilines is 1. The number of carbonyl (C=O) groups is 1. The molecule has 1 aromatic rings. The van der Waals surface area contributed by atoms with Crippen LogP contribution in [0.15, 0.2) is 12.4 Å². The SMILES string of the molecule is CCOc1cc(N2CCC(CC)CC2C(=O)O)ncn1. The summed E-state index contributed by atoms with van der Waals surface area (Å²) in [7, 11) is 0. The highest BCUT2D eigenvalue weighted by Gasteiger charge is 2.33. The van der Waals surface area contributed by atoms with Crippen molar-refractivity contribution in [3.63, 3.8) is 0 Å². The molecule has 0 saturated carbocycles. The summed E-state index contributed by atoms with van der Waals surface area (Å²) in [6.45, 7) is 5.22. The number of nitrogens with zero attached hydrogens (tertiary/aromatic N) is 3. The van der Waals surface area contributed by atoms with Gasteiger partial charge in [-0.2, -0.15) is 0 Å². The number of aliphatic carboxylic acids is 1. The number of piperidine rings is 1. The van der Waals surface area contributed by atoms with Gasteiger partial charge in [0.2, 0.25) is 5.88 Å². The molecule has 2 atom stereocenters. The summed E-state index contributed by atoms with van der Waals surface area (Å²) in [5.41, 5.74) is 0.